The molecule has 2 aliphatic rings. The minimum atomic E-state index is -0.474. The second kappa shape index (κ2) is 7.95. The number of nitrogens with zero attached hydrogens (tertiary/aromatic N) is 2. The Balaban J connectivity index is 1.33. The van der Waals surface area contributed by atoms with Gasteiger partial charge in [-0.2, -0.15) is 0 Å². The highest BCUT2D eigenvalue weighted by Gasteiger charge is 2.45. The topological polar surface area (TPSA) is 60.8 Å². The highest BCUT2D eigenvalue weighted by Crippen LogP contribution is 2.40. The number of likely N-dealkylation sites (tertiary alicyclic amines) is 1. The van der Waals surface area contributed by atoms with Crippen molar-refractivity contribution in [2.24, 2.45) is 7.05 Å². The monoisotopic (exact) mass is 430 g/mol. The van der Waals surface area contributed by atoms with Crippen LogP contribution in [0, 0.1) is 0 Å². The lowest BCUT2D eigenvalue weighted by Crippen LogP contribution is -2.44. The molecule has 6 heteroatoms. The fourth-order valence-corrected chi connectivity index (χ4v) is 4.93. The normalized spacial score (nSPS) is 20.8. The van der Waals surface area contributed by atoms with Crippen LogP contribution in [0.5, 0.6) is 5.75 Å². The zero-order valence-electron chi connectivity index (χ0n) is 18.3. The lowest BCUT2D eigenvalue weighted by molar-refractivity contribution is -0.134. The number of rotatable bonds is 4. The van der Waals surface area contributed by atoms with Crippen LogP contribution in [0.1, 0.15) is 34.3 Å². The molecule has 1 unspecified atom stereocenters. The van der Waals surface area contributed by atoms with Crippen molar-refractivity contribution >= 4 is 28.7 Å². The number of fused-ring (bicyclic) bond motifs is 2. The first-order valence-corrected chi connectivity index (χ1v) is 10.8. The van der Waals surface area contributed by atoms with Crippen molar-refractivity contribution < 1.29 is 19.1 Å². The standard InChI is InChI=1S/C26H26N2O4/c1-27-15-19(20-5-3-4-6-22(20)27)16-28-12-11-26(17-28)14-23(29)21-13-18(7-9-24(21)32-26)8-10-25(30)31-2/h3-10,13,15H,11-12,14,16-17H2,1-2H3/b10-8+. The van der Waals surface area contributed by atoms with Crippen molar-refractivity contribution in [1.82, 2.24) is 9.47 Å². The van der Waals surface area contributed by atoms with Crippen molar-refractivity contribution in [3.8, 4) is 5.75 Å². The number of carbonyl (C=O) groups is 2. The zero-order valence-corrected chi connectivity index (χ0v) is 18.3. The van der Waals surface area contributed by atoms with Crippen molar-refractivity contribution in [3.63, 3.8) is 0 Å². The summed E-state index contributed by atoms with van der Waals surface area (Å²) in [6, 6.07) is 13.9. The number of benzene rings is 2. The predicted octanol–water partition coefficient (Wildman–Crippen LogP) is 3.97. The van der Waals surface area contributed by atoms with E-state index in [1.54, 1.807) is 12.1 Å². The molecule has 6 nitrogen and oxygen atoms in total. The average Bonchev–Trinajstić information content (AvgIpc) is 3.33. The van der Waals surface area contributed by atoms with Crippen LogP contribution in [0.25, 0.3) is 17.0 Å². The van der Waals surface area contributed by atoms with Crippen LogP contribution >= 0.6 is 0 Å². The van der Waals surface area contributed by atoms with E-state index in [2.05, 4.69) is 51.7 Å². The first kappa shape index (κ1) is 20.5. The Morgan fingerprint density at radius 3 is 2.94 bits per heavy atom. The van der Waals surface area contributed by atoms with Gasteiger partial charge < -0.3 is 14.0 Å². The third kappa shape index (κ3) is 3.71. The number of aromatic nitrogens is 1. The van der Waals surface area contributed by atoms with E-state index in [0.29, 0.717) is 17.7 Å². The van der Waals surface area contributed by atoms with E-state index in [1.807, 2.05) is 12.1 Å². The maximum absolute atomic E-state index is 13.0. The number of ketones is 1. The Hall–Kier alpha value is -3.38. The first-order valence-electron chi connectivity index (χ1n) is 10.8. The summed E-state index contributed by atoms with van der Waals surface area (Å²) in [6.45, 7) is 2.46. The predicted molar refractivity (Wildman–Crippen MR) is 123 cm³/mol. The number of para-hydroxylation sites is 1. The van der Waals surface area contributed by atoms with Crippen molar-refractivity contribution in [2.45, 2.75) is 25.0 Å². The second-order valence-electron chi connectivity index (χ2n) is 8.74. The first-order chi connectivity index (χ1) is 15.5. The third-order valence-corrected chi connectivity index (χ3v) is 6.50. The minimum absolute atomic E-state index is 0.0894. The molecule has 5 rings (SSSR count). The molecular weight excluding hydrogens is 404 g/mol. The highest BCUT2D eigenvalue weighted by molar-refractivity contribution is 6.01. The lowest BCUT2D eigenvalue weighted by Gasteiger charge is -2.35. The summed E-state index contributed by atoms with van der Waals surface area (Å²) in [6.07, 6.45) is 6.38. The van der Waals surface area contributed by atoms with Gasteiger partial charge in [0.15, 0.2) is 5.78 Å². The van der Waals surface area contributed by atoms with Gasteiger partial charge >= 0.3 is 5.97 Å². The molecule has 2 aliphatic heterocycles. The van der Waals surface area contributed by atoms with E-state index in [1.165, 1.54) is 29.7 Å². The minimum Gasteiger partial charge on any atom is -0.485 e. The fraction of sp³-hybridized carbons (Fsp3) is 0.308. The summed E-state index contributed by atoms with van der Waals surface area (Å²) in [5, 5.41) is 1.27. The van der Waals surface area contributed by atoms with Gasteiger partial charge in [-0.3, -0.25) is 9.69 Å². The molecule has 2 aromatic carbocycles. The van der Waals surface area contributed by atoms with Gasteiger partial charge in [0, 0.05) is 56.3 Å². The SMILES string of the molecule is COC(=O)/C=C/c1ccc2c(c1)C(=O)CC1(CCN(Cc3cn(C)c4ccccc34)C1)O2. The Morgan fingerprint density at radius 2 is 2.09 bits per heavy atom. The molecule has 0 amide bonds. The van der Waals surface area contributed by atoms with Crippen LogP contribution in [0.15, 0.2) is 54.7 Å². The highest BCUT2D eigenvalue weighted by atomic mass is 16.5. The number of aryl methyl sites for hydroxylation is 1. The van der Waals surface area contributed by atoms with Gasteiger partial charge in [-0.1, -0.05) is 24.3 Å². The number of carbonyl (C=O) groups excluding carboxylic acids is 2. The number of methoxy groups -OCH3 is 1. The van der Waals surface area contributed by atoms with Gasteiger partial charge in [-0.05, 0) is 35.4 Å². The second-order valence-corrected chi connectivity index (χ2v) is 8.74. The number of Topliss-reactive ketones (excluding diaryl/α,β-unsaturated/α-hetero) is 1. The van der Waals surface area contributed by atoms with Gasteiger partial charge in [-0.15, -0.1) is 0 Å². The lowest BCUT2D eigenvalue weighted by atomic mass is 9.88. The van der Waals surface area contributed by atoms with Gasteiger partial charge in [0.05, 0.1) is 19.1 Å². The van der Waals surface area contributed by atoms with E-state index in [9.17, 15) is 9.59 Å². The van der Waals surface area contributed by atoms with Crippen molar-refractivity contribution in [1.29, 1.82) is 0 Å². The Bertz CT molecular complexity index is 1240. The number of hydrogen-bond acceptors (Lipinski definition) is 5. The van der Waals surface area contributed by atoms with Gasteiger partial charge in [0.25, 0.3) is 0 Å². The summed E-state index contributed by atoms with van der Waals surface area (Å²) in [4.78, 5) is 26.7. The molecule has 0 bridgehead atoms. The van der Waals surface area contributed by atoms with Crippen LogP contribution in [-0.4, -0.2) is 47.0 Å². The van der Waals surface area contributed by atoms with Gasteiger partial charge in [0.1, 0.15) is 11.4 Å². The molecule has 1 spiro atoms. The molecule has 1 aromatic heterocycles. The maximum atomic E-state index is 13.0. The largest absolute Gasteiger partial charge is 0.485 e. The third-order valence-electron chi connectivity index (χ3n) is 6.50. The fourth-order valence-electron chi connectivity index (χ4n) is 4.93. The van der Waals surface area contributed by atoms with E-state index < -0.39 is 11.6 Å². The van der Waals surface area contributed by atoms with Crippen molar-refractivity contribution in [2.75, 3.05) is 20.2 Å². The van der Waals surface area contributed by atoms with E-state index in [-0.39, 0.29) is 5.78 Å². The molecule has 32 heavy (non-hydrogen) atoms. The Kier molecular flexibility index (Phi) is 5.10. The number of esters is 1. The van der Waals surface area contributed by atoms with Crippen molar-refractivity contribution in [3.05, 3.63) is 71.4 Å². The molecule has 3 heterocycles. The molecule has 0 saturated carbocycles. The average molecular weight is 431 g/mol. The molecule has 0 N–H and O–H groups in total. The van der Waals surface area contributed by atoms with Crippen LogP contribution in [0.3, 0.4) is 0 Å². The maximum Gasteiger partial charge on any atom is 0.330 e. The summed E-state index contributed by atoms with van der Waals surface area (Å²) in [7, 11) is 3.41. The Labute approximate surface area is 187 Å². The summed E-state index contributed by atoms with van der Waals surface area (Å²) >= 11 is 0. The molecule has 1 saturated heterocycles. The molecule has 0 aliphatic carbocycles. The molecule has 164 valence electrons. The van der Waals surface area contributed by atoms with Crippen LogP contribution in [0.4, 0.5) is 0 Å². The molecule has 3 aromatic rings. The smallest absolute Gasteiger partial charge is 0.330 e. The summed E-state index contributed by atoms with van der Waals surface area (Å²) in [5.74, 6) is 0.288. The quantitative estimate of drug-likeness (QED) is 0.463. The van der Waals surface area contributed by atoms with E-state index in [0.717, 1.165) is 31.6 Å². The van der Waals surface area contributed by atoms with E-state index >= 15 is 0 Å². The van der Waals surface area contributed by atoms with E-state index in [4.69, 9.17) is 4.74 Å². The Morgan fingerprint density at radius 1 is 1.25 bits per heavy atom. The van der Waals surface area contributed by atoms with Crippen LogP contribution < -0.4 is 4.74 Å². The molecule has 0 radical (unpaired) electrons. The summed E-state index contributed by atoms with van der Waals surface area (Å²) < 4.78 is 13.2. The van der Waals surface area contributed by atoms with Crippen LogP contribution in [0.2, 0.25) is 0 Å². The number of ether oxygens (including phenoxy) is 2. The van der Waals surface area contributed by atoms with Crippen LogP contribution in [-0.2, 0) is 23.1 Å². The molecule has 1 atom stereocenters. The molecular formula is C26H26N2O4. The summed E-state index contributed by atoms with van der Waals surface area (Å²) in [5.41, 5.74) is 3.40. The number of hydrogen-bond donors (Lipinski definition) is 0. The molecule has 1 fully saturated rings. The van der Waals surface area contributed by atoms with Gasteiger partial charge in [0.2, 0.25) is 0 Å². The van der Waals surface area contributed by atoms with Gasteiger partial charge in [-0.25, -0.2) is 4.79 Å². The zero-order chi connectivity index (χ0) is 22.3.